The zero-order valence-corrected chi connectivity index (χ0v) is 17.0. The van der Waals surface area contributed by atoms with E-state index in [2.05, 4.69) is 23.8 Å². The number of hydrogen-bond acceptors (Lipinski definition) is 4. The Morgan fingerprint density at radius 3 is 1.96 bits per heavy atom. The molecule has 2 saturated heterocycles. The van der Waals surface area contributed by atoms with E-state index in [4.69, 9.17) is 4.74 Å². The summed E-state index contributed by atoms with van der Waals surface area (Å²) in [6.45, 7) is 19.2. The van der Waals surface area contributed by atoms with Gasteiger partial charge in [-0.3, -0.25) is 4.90 Å². The average molecular weight is 342 g/mol. The molecule has 5 nitrogen and oxygen atoms in total. The van der Waals surface area contributed by atoms with Crippen LogP contribution < -0.4 is 0 Å². The van der Waals surface area contributed by atoms with Gasteiger partial charge in [0.05, 0.1) is 0 Å². The van der Waals surface area contributed by atoms with E-state index in [1.807, 2.05) is 39.5 Å². The van der Waals surface area contributed by atoms with Gasteiger partial charge in [-0.05, 0) is 59.2 Å². The van der Waals surface area contributed by atoms with Crippen molar-refractivity contribution < 1.29 is 9.53 Å². The van der Waals surface area contributed by atoms with Crippen LogP contribution in [0.15, 0.2) is 0 Å². The van der Waals surface area contributed by atoms with Crippen LogP contribution in [0.3, 0.4) is 0 Å². The number of carbonyl (C=O) groups is 1. The quantitative estimate of drug-likeness (QED) is 0.772. The van der Waals surface area contributed by atoms with E-state index in [1.54, 1.807) is 0 Å². The number of ether oxygens (including phenoxy) is 1. The maximum absolute atomic E-state index is 12.1. The highest BCUT2D eigenvalue weighted by atomic mass is 16.6. The summed E-state index contributed by atoms with van der Waals surface area (Å²) in [5, 5.41) is 0. The van der Waals surface area contributed by atoms with Crippen LogP contribution in [-0.2, 0) is 4.74 Å². The predicted molar refractivity (Wildman–Crippen MR) is 100 cm³/mol. The Morgan fingerprint density at radius 1 is 1.00 bits per heavy atom. The Hall–Kier alpha value is -0.810. The number of hydrogen-bond donors (Lipinski definition) is 0. The minimum atomic E-state index is -0.407. The van der Waals surface area contributed by atoms with E-state index < -0.39 is 5.60 Å². The molecule has 0 aliphatic carbocycles. The first-order valence-corrected chi connectivity index (χ1v) is 9.56. The maximum atomic E-state index is 12.1. The lowest BCUT2D eigenvalue weighted by Gasteiger charge is -2.43. The fourth-order valence-corrected chi connectivity index (χ4v) is 3.27. The van der Waals surface area contributed by atoms with Gasteiger partial charge in [-0.25, -0.2) is 4.79 Å². The van der Waals surface area contributed by atoms with Crippen LogP contribution in [0.5, 0.6) is 0 Å². The summed E-state index contributed by atoms with van der Waals surface area (Å²) < 4.78 is 5.46. The normalized spacial score (nSPS) is 22.5. The molecule has 5 heteroatoms. The molecular weight excluding hydrogens is 302 g/mol. The molecule has 0 aromatic heterocycles. The zero-order chi connectivity index (χ0) is 18.4. The second kappa shape index (κ2) is 9.04. The first kappa shape index (κ1) is 21.2. The summed E-state index contributed by atoms with van der Waals surface area (Å²) >= 11 is 0. The van der Waals surface area contributed by atoms with Gasteiger partial charge >= 0.3 is 6.09 Å². The summed E-state index contributed by atoms with van der Waals surface area (Å²) in [4.78, 5) is 18.9. The smallest absolute Gasteiger partial charge is 0.410 e. The van der Waals surface area contributed by atoms with Crippen LogP contribution in [0.4, 0.5) is 4.79 Å². The third-order valence-corrected chi connectivity index (χ3v) is 4.82. The van der Waals surface area contributed by atoms with E-state index in [9.17, 15) is 4.79 Å². The third kappa shape index (κ3) is 6.98. The molecule has 0 saturated carbocycles. The standard InChI is InChI=1S/C17H33N3O2.C2H6/c1-16(2,3)22-15(21)20-12-10-19(11-13-20)14-17(4)6-8-18(5)9-7-17;1-2/h6-14H2,1-5H3;1-2H3. The zero-order valence-electron chi connectivity index (χ0n) is 17.0. The Kier molecular flexibility index (Phi) is 8.00. The fourth-order valence-electron chi connectivity index (χ4n) is 3.27. The lowest BCUT2D eigenvalue weighted by molar-refractivity contribution is 0.00758. The minimum Gasteiger partial charge on any atom is -0.444 e. The van der Waals surface area contributed by atoms with Crippen LogP contribution in [0.1, 0.15) is 54.4 Å². The van der Waals surface area contributed by atoms with E-state index in [-0.39, 0.29) is 6.09 Å². The Balaban J connectivity index is 0.00000139. The second-order valence-electron chi connectivity index (χ2n) is 8.36. The second-order valence-corrected chi connectivity index (χ2v) is 8.36. The number of carbonyl (C=O) groups excluding carboxylic acids is 1. The molecule has 24 heavy (non-hydrogen) atoms. The molecule has 0 bridgehead atoms. The number of rotatable bonds is 2. The van der Waals surface area contributed by atoms with Crippen molar-refractivity contribution >= 4 is 6.09 Å². The molecule has 2 fully saturated rings. The molecule has 142 valence electrons. The summed E-state index contributed by atoms with van der Waals surface area (Å²) in [6, 6.07) is 0. The topological polar surface area (TPSA) is 36.0 Å². The molecule has 2 aliphatic rings. The number of likely N-dealkylation sites (tertiary alicyclic amines) is 1. The van der Waals surface area contributed by atoms with Gasteiger partial charge in [-0.2, -0.15) is 0 Å². The Labute approximate surface area is 149 Å². The van der Waals surface area contributed by atoms with Gasteiger partial charge in [0.15, 0.2) is 0 Å². The van der Waals surface area contributed by atoms with Crippen molar-refractivity contribution in [3.8, 4) is 0 Å². The Morgan fingerprint density at radius 2 is 1.50 bits per heavy atom. The van der Waals surface area contributed by atoms with Crippen molar-refractivity contribution in [2.75, 3.05) is 52.9 Å². The molecule has 0 aromatic rings. The fraction of sp³-hybridized carbons (Fsp3) is 0.947. The molecule has 0 radical (unpaired) electrons. The van der Waals surface area contributed by atoms with Gasteiger partial charge in [-0.1, -0.05) is 20.8 Å². The average Bonchev–Trinajstić information content (AvgIpc) is 2.51. The molecule has 2 aliphatic heterocycles. The highest BCUT2D eigenvalue weighted by Crippen LogP contribution is 2.31. The van der Waals surface area contributed by atoms with Crippen LogP contribution in [0.25, 0.3) is 0 Å². The molecule has 0 N–H and O–H groups in total. The number of amides is 1. The van der Waals surface area contributed by atoms with E-state index >= 15 is 0 Å². The molecule has 1 amide bonds. The molecule has 2 heterocycles. The van der Waals surface area contributed by atoms with Crippen molar-refractivity contribution in [1.82, 2.24) is 14.7 Å². The highest BCUT2D eigenvalue weighted by Gasteiger charge is 2.33. The molecule has 2 rings (SSSR count). The highest BCUT2D eigenvalue weighted by molar-refractivity contribution is 5.68. The van der Waals surface area contributed by atoms with Gasteiger partial charge in [0.25, 0.3) is 0 Å². The number of nitrogens with zero attached hydrogens (tertiary/aromatic N) is 3. The van der Waals surface area contributed by atoms with Crippen molar-refractivity contribution in [2.45, 2.75) is 60.0 Å². The summed E-state index contributed by atoms with van der Waals surface area (Å²) in [5.74, 6) is 0. The first-order chi connectivity index (χ1) is 11.2. The van der Waals surface area contributed by atoms with Crippen molar-refractivity contribution in [2.24, 2.45) is 5.41 Å². The Bertz CT molecular complexity index is 377. The lowest BCUT2D eigenvalue weighted by atomic mass is 9.80. The van der Waals surface area contributed by atoms with E-state index in [1.165, 1.54) is 25.9 Å². The molecule has 0 unspecified atom stereocenters. The van der Waals surface area contributed by atoms with Crippen molar-refractivity contribution in [3.05, 3.63) is 0 Å². The first-order valence-electron chi connectivity index (χ1n) is 9.56. The SMILES string of the molecule is CC.CN1CCC(C)(CN2CCN(C(=O)OC(C)(C)C)CC2)CC1. The van der Waals surface area contributed by atoms with Crippen LogP contribution in [-0.4, -0.2) is 79.3 Å². The minimum absolute atomic E-state index is 0.169. The van der Waals surface area contributed by atoms with Crippen molar-refractivity contribution in [3.63, 3.8) is 0 Å². The summed E-state index contributed by atoms with van der Waals surface area (Å²) in [7, 11) is 2.21. The summed E-state index contributed by atoms with van der Waals surface area (Å²) in [6.07, 6.45) is 2.38. The molecule has 0 aromatic carbocycles. The number of piperidine rings is 1. The van der Waals surface area contributed by atoms with Gasteiger partial charge in [-0.15, -0.1) is 0 Å². The summed E-state index contributed by atoms with van der Waals surface area (Å²) in [5.41, 5.74) is 0.0242. The third-order valence-electron chi connectivity index (χ3n) is 4.82. The van der Waals surface area contributed by atoms with E-state index in [0.717, 1.165) is 32.7 Å². The monoisotopic (exact) mass is 341 g/mol. The van der Waals surface area contributed by atoms with Gasteiger partial charge in [0.2, 0.25) is 0 Å². The van der Waals surface area contributed by atoms with Gasteiger partial charge < -0.3 is 14.5 Å². The molecule has 0 spiro atoms. The van der Waals surface area contributed by atoms with E-state index in [0.29, 0.717) is 5.41 Å². The van der Waals surface area contributed by atoms with Crippen LogP contribution >= 0.6 is 0 Å². The van der Waals surface area contributed by atoms with Gasteiger partial charge in [0.1, 0.15) is 5.60 Å². The van der Waals surface area contributed by atoms with Gasteiger partial charge in [0, 0.05) is 32.7 Å². The lowest BCUT2D eigenvalue weighted by Crippen LogP contribution is -2.53. The molecular formula is C19H39N3O2. The van der Waals surface area contributed by atoms with Crippen LogP contribution in [0.2, 0.25) is 0 Å². The predicted octanol–water partition coefficient (Wildman–Crippen LogP) is 3.30. The molecule has 0 atom stereocenters. The number of piperazine rings is 1. The van der Waals surface area contributed by atoms with Crippen LogP contribution in [0, 0.1) is 5.41 Å². The van der Waals surface area contributed by atoms with Crippen molar-refractivity contribution in [1.29, 1.82) is 0 Å². The maximum Gasteiger partial charge on any atom is 0.410 e. The largest absolute Gasteiger partial charge is 0.444 e.